The molecule has 1 aromatic rings. The molecule has 0 aliphatic rings. The zero-order valence-electron chi connectivity index (χ0n) is 9.93. The van der Waals surface area contributed by atoms with Crippen LogP contribution in [-0.2, 0) is 0 Å². The molecule has 0 saturated carbocycles. The van der Waals surface area contributed by atoms with Gasteiger partial charge in [-0.2, -0.15) is 0 Å². The molecule has 2 nitrogen and oxygen atoms in total. The predicted octanol–water partition coefficient (Wildman–Crippen LogP) is 3.13. The summed E-state index contributed by atoms with van der Waals surface area (Å²) < 4.78 is 26.5. The van der Waals surface area contributed by atoms with E-state index in [0.29, 0.717) is 6.54 Å². The molecule has 1 unspecified atom stereocenters. The Morgan fingerprint density at radius 2 is 2.00 bits per heavy atom. The van der Waals surface area contributed by atoms with Crippen molar-refractivity contribution in [2.24, 2.45) is 0 Å². The Morgan fingerprint density at radius 1 is 1.41 bits per heavy atom. The van der Waals surface area contributed by atoms with E-state index in [1.54, 1.807) is 7.05 Å². The standard InChI is InChI=1S/C12H14BrF2NO/c1-7-4-9(11(15)5-10(7)14)12(17)16(3)6-8(2)13/h4-5,8H,6H2,1-3H3. The van der Waals surface area contributed by atoms with Crippen LogP contribution in [0.2, 0.25) is 0 Å². The minimum atomic E-state index is -0.827. The second-order valence-corrected chi connectivity index (χ2v) is 5.61. The van der Waals surface area contributed by atoms with Crippen molar-refractivity contribution in [3.05, 3.63) is 34.9 Å². The fraction of sp³-hybridized carbons (Fsp3) is 0.417. The van der Waals surface area contributed by atoms with Crippen molar-refractivity contribution in [1.29, 1.82) is 0 Å². The average molecular weight is 306 g/mol. The van der Waals surface area contributed by atoms with E-state index in [-0.39, 0.29) is 16.0 Å². The fourth-order valence-corrected chi connectivity index (χ4v) is 1.92. The van der Waals surface area contributed by atoms with Gasteiger partial charge in [-0.1, -0.05) is 22.9 Å². The number of rotatable bonds is 3. The third-order valence-electron chi connectivity index (χ3n) is 2.35. The van der Waals surface area contributed by atoms with Crippen molar-refractivity contribution in [3.8, 4) is 0 Å². The van der Waals surface area contributed by atoms with Gasteiger partial charge >= 0.3 is 0 Å². The Bertz CT molecular complexity index is 435. The molecule has 0 N–H and O–H groups in total. The molecule has 0 spiro atoms. The number of hydrogen-bond acceptors (Lipinski definition) is 1. The maximum atomic E-state index is 13.5. The number of aryl methyl sites for hydroxylation is 1. The number of nitrogens with zero attached hydrogens (tertiary/aromatic N) is 1. The molecule has 1 amide bonds. The third-order valence-corrected chi connectivity index (χ3v) is 2.64. The zero-order chi connectivity index (χ0) is 13.2. The molecule has 0 aromatic heterocycles. The molecule has 0 aliphatic heterocycles. The number of amides is 1. The van der Waals surface area contributed by atoms with Crippen LogP contribution in [0.15, 0.2) is 12.1 Å². The van der Waals surface area contributed by atoms with Crippen LogP contribution >= 0.6 is 15.9 Å². The molecule has 0 fully saturated rings. The van der Waals surface area contributed by atoms with Gasteiger partial charge in [-0.05, 0) is 18.6 Å². The Morgan fingerprint density at radius 3 is 2.53 bits per heavy atom. The molecule has 0 saturated heterocycles. The molecule has 0 heterocycles. The molecule has 1 atom stereocenters. The van der Waals surface area contributed by atoms with E-state index in [9.17, 15) is 13.6 Å². The Kier molecular flexibility index (Phi) is 4.62. The van der Waals surface area contributed by atoms with E-state index in [4.69, 9.17) is 0 Å². The van der Waals surface area contributed by atoms with Crippen molar-refractivity contribution >= 4 is 21.8 Å². The molecule has 1 aromatic carbocycles. The molecule has 1 rings (SSSR count). The minimum Gasteiger partial charge on any atom is -0.341 e. The van der Waals surface area contributed by atoms with Gasteiger partial charge in [0.1, 0.15) is 11.6 Å². The van der Waals surface area contributed by atoms with Gasteiger partial charge in [0.25, 0.3) is 5.91 Å². The zero-order valence-corrected chi connectivity index (χ0v) is 11.5. The molecule has 0 bridgehead atoms. The Hall–Kier alpha value is -0.970. The highest BCUT2D eigenvalue weighted by atomic mass is 79.9. The van der Waals surface area contributed by atoms with Gasteiger partial charge in [-0.25, -0.2) is 8.78 Å². The normalized spacial score (nSPS) is 12.4. The first-order valence-corrected chi connectivity index (χ1v) is 6.09. The predicted molar refractivity (Wildman–Crippen MR) is 66.4 cm³/mol. The van der Waals surface area contributed by atoms with Gasteiger partial charge in [0, 0.05) is 24.5 Å². The molecular weight excluding hydrogens is 292 g/mol. The first-order chi connectivity index (χ1) is 7.82. The van der Waals surface area contributed by atoms with Gasteiger partial charge in [-0.15, -0.1) is 0 Å². The summed E-state index contributed by atoms with van der Waals surface area (Å²) in [6.07, 6.45) is 0. The summed E-state index contributed by atoms with van der Waals surface area (Å²) >= 11 is 3.31. The van der Waals surface area contributed by atoms with Crippen LogP contribution in [0.25, 0.3) is 0 Å². The number of benzene rings is 1. The fourth-order valence-electron chi connectivity index (χ4n) is 1.49. The van der Waals surface area contributed by atoms with Crippen LogP contribution in [0, 0.1) is 18.6 Å². The number of alkyl halides is 1. The Labute approximate surface area is 108 Å². The van der Waals surface area contributed by atoms with Crippen LogP contribution in [0.4, 0.5) is 8.78 Å². The maximum Gasteiger partial charge on any atom is 0.256 e. The van der Waals surface area contributed by atoms with Gasteiger partial charge < -0.3 is 4.90 Å². The summed E-state index contributed by atoms with van der Waals surface area (Å²) in [5.74, 6) is -1.92. The summed E-state index contributed by atoms with van der Waals surface area (Å²) in [6, 6.07) is 1.98. The molecular formula is C12H14BrF2NO. The van der Waals surface area contributed by atoms with Gasteiger partial charge in [0.2, 0.25) is 0 Å². The maximum absolute atomic E-state index is 13.5. The lowest BCUT2D eigenvalue weighted by Crippen LogP contribution is -2.31. The van der Waals surface area contributed by atoms with E-state index in [0.717, 1.165) is 6.07 Å². The lowest BCUT2D eigenvalue weighted by Gasteiger charge is -2.19. The van der Waals surface area contributed by atoms with E-state index in [1.807, 2.05) is 6.92 Å². The van der Waals surface area contributed by atoms with Gasteiger partial charge in [0.15, 0.2) is 0 Å². The third kappa shape index (κ3) is 3.49. The van der Waals surface area contributed by atoms with E-state index < -0.39 is 17.5 Å². The monoisotopic (exact) mass is 305 g/mol. The number of halogens is 3. The minimum absolute atomic E-state index is 0.0976. The second-order valence-electron chi connectivity index (χ2n) is 4.05. The largest absolute Gasteiger partial charge is 0.341 e. The average Bonchev–Trinajstić information content (AvgIpc) is 2.21. The Balaban J connectivity index is 3.00. The number of hydrogen-bond donors (Lipinski definition) is 0. The lowest BCUT2D eigenvalue weighted by atomic mass is 10.1. The highest BCUT2D eigenvalue weighted by Gasteiger charge is 2.18. The van der Waals surface area contributed by atoms with Crippen molar-refractivity contribution in [2.45, 2.75) is 18.7 Å². The highest BCUT2D eigenvalue weighted by Crippen LogP contribution is 2.16. The summed E-state index contributed by atoms with van der Waals surface area (Å²) in [7, 11) is 1.58. The smallest absolute Gasteiger partial charge is 0.256 e. The topological polar surface area (TPSA) is 20.3 Å². The molecule has 0 aliphatic carbocycles. The van der Waals surface area contributed by atoms with Crippen LogP contribution in [0.3, 0.4) is 0 Å². The second kappa shape index (κ2) is 5.58. The van der Waals surface area contributed by atoms with Gasteiger partial charge in [-0.3, -0.25) is 4.79 Å². The molecule has 94 valence electrons. The molecule has 0 radical (unpaired) electrons. The van der Waals surface area contributed by atoms with Crippen molar-refractivity contribution in [3.63, 3.8) is 0 Å². The summed E-state index contributed by atoms with van der Waals surface area (Å²) in [5.41, 5.74) is 0.162. The molecule has 5 heteroatoms. The van der Waals surface area contributed by atoms with Crippen molar-refractivity contribution in [1.82, 2.24) is 4.90 Å². The first kappa shape index (κ1) is 14.1. The summed E-state index contributed by atoms with van der Waals surface area (Å²) in [6.45, 7) is 3.84. The van der Waals surface area contributed by atoms with E-state index in [2.05, 4.69) is 15.9 Å². The van der Waals surface area contributed by atoms with Crippen LogP contribution in [0.5, 0.6) is 0 Å². The van der Waals surface area contributed by atoms with Crippen molar-refractivity contribution < 1.29 is 13.6 Å². The van der Waals surface area contributed by atoms with E-state index >= 15 is 0 Å². The number of carbonyl (C=O) groups is 1. The quantitative estimate of drug-likeness (QED) is 0.786. The van der Waals surface area contributed by atoms with Crippen molar-refractivity contribution in [2.75, 3.05) is 13.6 Å². The first-order valence-electron chi connectivity index (χ1n) is 5.18. The van der Waals surface area contributed by atoms with Crippen LogP contribution in [0.1, 0.15) is 22.8 Å². The van der Waals surface area contributed by atoms with Gasteiger partial charge in [0.05, 0.1) is 5.56 Å². The molecule has 17 heavy (non-hydrogen) atoms. The summed E-state index contributed by atoms with van der Waals surface area (Å²) in [4.78, 5) is 13.4. The SMILES string of the molecule is Cc1cc(C(=O)N(C)CC(C)Br)c(F)cc1F. The van der Waals surface area contributed by atoms with E-state index in [1.165, 1.54) is 17.9 Å². The number of carbonyl (C=O) groups excluding carboxylic acids is 1. The van der Waals surface area contributed by atoms with Crippen LogP contribution < -0.4 is 0 Å². The summed E-state index contributed by atoms with van der Waals surface area (Å²) in [5, 5.41) is 0. The highest BCUT2D eigenvalue weighted by molar-refractivity contribution is 9.09. The lowest BCUT2D eigenvalue weighted by molar-refractivity contribution is 0.0792. The van der Waals surface area contributed by atoms with Crippen LogP contribution in [-0.4, -0.2) is 29.2 Å².